The smallest absolute Gasteiger partial charge is 0.0649 e. The highest BCUT2D eigenvalue weighted by Crippen LogP contribution is 1.56. The van der Waals surface area contributed by atoms with Crippen molar-refractivity contribution in [3.63, 3.8) is 0 Å². The van der Waals surface area contributed by atoms with Crippen LogP contribution >= 0.6 is 0 Å². The quantitative estimate of drug-likeness (QED) is 0.395. The Labute approximate surface area is 44.1 Å². The molecule has 0 saturated heterocycles. The van der Waals surface area contributed by atoms with Crippen molar-refractivity contribution in [1.82, 2.24) is 5.32 Å². The summed E-state index contributed by atoms with van der Waals surface area (Å²) in [6.07, 6.45) is -0.208. The highest BCUT2D eigenvalue weighted by Gasteiger charge is 1.86. The van der Waals surface area contributed by atoms with Crippen LogP contribution < -0.4 is 16.8 Å². The largest absolute Gasteiger partial charge is 0.315 e. The molecule has 0 aromatic rings. The van der Waals surface area contributed by atoms with E-state index in [1.165, 1.54) is 0 Å². The maximum atomic E-state index is 5.19. The second-order valence-corrected chi connectivity index (χ2v) is 1.47. The molecule has 5 N–H and O–H groups in total. The zero-order valence-electron chi connectivity index (χ0n) is 4.65. The van der Waals surface area contributed by atoms with Crippen LogP contribution in [0.3, 0.4) is 0 Å². The van der Waals surface area contributed by atoms with E-state index in [1.54, 1.807) is 0 Å². The minimum absolute atomic E-state index is 0.208. The van der Waals surface area contributed by atoms with Crippen LogP contribution in [0.1, 0.15) is 6.92 Å². The van der Waals surface area contributed by atoms with E-state index in [9.17, 15) is 0 Å². The van der Waals surface area contributed by atoms with Gasteiger partial charge >= 0.3 is 0 Å². The molecule has 0 saturated carbocycles. The van der Waals surface area contributed by atoms with E-state index in [4.69, 9.17) is 11.5 Å². The van der Waals surface area contributed by atoms with Crippen LogP contribution in [0.15, 0.2) is 0 Å². The second-order valence-electron chi connectivity index (χ2n) is 1.47. The Morgan fingerprint density at radius 1 is 1.57 bits per heavy atom. The minimum Gasteiger partial charge on any atom is -0.315 e. The summed E-state index contributed by atoms with van der Waals surface area (Å²) in [5.74, 6) is 0. The summed E-state index contributed by atoms with van der Waals surface area (Å²) in [4.78, 5) is 0. The van der Waals surface area contributed by atoms with Crippen molar-refractivity contribution in [2.45, 2.75) is 13.1 Å². The van der Waals surface area contributed by atoms with E-state index in [0.29, 0.717) is 6.54 Å². The topological polar surface area (TPSA) is 64.1 Å². The van der Waals surface area contributed by atoms with Gasteiger partial charge in [0.05, 0.1) is 6.17 Å². The summed E-state index contributed by atoms with van der Waals surface area (Å²) in [5.41, 5.74) is 10.4. The molecule has 0 aromatic carbocycles. The maximum absolute atomic E-state index is 5.19. The number of rotatable bonds is 3. The van der Waals surface area contributed by atoms with Crippen molar-refractivity contribution in [1.29, 1.82) is 0 Å². The van der Waals surface area contributed by atoms with Crippen LogP contribution in [0.2, 0.25) is 0 Å². The zero-order chi connectivity index (χ0) is 5.70. The summed E-state index contributed by atoms with van der Waals surface area (Å²) < 4.78 is 0. The number of likely N-dealkylation sites (N-methyl/N-ethyl adjacent to an activating group) is 1. The predicted octanol–water partition coefficient (Wildman–Crippen LogP) is -1.16. The molecule has 3 heteroatoms. The maximum Gasteiger partial charge on any atom is 0.0649 e. The third-order valence-electron chi connectivity index (χ3n) is 0.630. The van der Waals surface area contributed by atoms with Crippen LogP contribution in [-0.2, 0) is 0 Å². The number of nitrogens with two attached hydrogens (primary N) is 2. The lowest BCUT2D eigenvalue weighted by molar-refractivity contribution is 0.608. The van der Waals surface area contributed by atoms with Gasteiger partial charge in [-0.3, -0.25) is 0 Å². The fourth-order valence-electron chi connectivity index (χ4n) is 0.311. The van der Waals surface area contributed by atoms with Gasteiger partial charge in [-0.15, -0.1) is 0 Å². The SMILES string of the molecule is CCNCC(N)N. The Kier molecular flexibility index (Phi) is 3.98. The van der Waals surface area contributed by atoms with Gasteiger partial charge in [0.2, 0.25) is 0 Å². The molecule has 0 aliphatic carbocycles. The van der Waals surface area contributed by atoms with Crippen LogP contribution in [0.4, 0.5) is 0 Å². The van der Waals surface area contributed by atoms with Gasteiger partial charge in [0.1, 0.15) is 0 Å². The third kappa shape index (κ3) is 5.88. The van der Waals surface area contributed by atoms with E-state index in [-0.39, 0.29) is 6.17 Å². The van der Waals surface area contributed by atoms with Gasteiger partial charge in [0.15, 0.2) is 0 Å². The molecule has 0 aliphatic rings. The number of nitrogens with one attached hydrogen (secondary N) is 1. The predicted molar refractivity (Wildman–Crippen MR) is 30.7 cm³/mol. The van der Waals surface area contributed by atoms with Gasteiger partial charge in [-0.25, -0.2) is 0 Å². The van der Waals surface area contributed by atoms with Crippen molar-refractivity contribution in [3.05, 3.63) is 0 Å². The molecular weight excluding hydrogens is 90.1 g/mol. The zero-order valence-corrected chi connectivity index (χ0v) is 4.65. The lowest BCUT2D eigenvalue weighted by Crippen LogP contribution is -2.40. The minimum atomic E-state index is -0.208. The van der Waals surface area contributed by atoms with E-state index >= 15 is 0 Å². The first-order valence-corrected chi connectivity index (χ1v) is 2.49. The molecule has 0 rings (SSSR count). The average molecular weight is 103 g/mol. The van der Waals surface area contributed by atoms with Crippen molar-refractivity contribution in [3.8, 4) is 0 Å². The lowest BCUT2D eigenvalue weighted by Gasteiger charge is -2.02. The van der Waals surface area contributed by atoms with Crippen molar-refractivity contribution in [2.75, 3.05) is 13.1 Å². The molecule has 0 fully saturated rings. The molecule has 3 nitrogen and oxygen atoms in total. The van der Waals surface area contributed by atoms with E-state index < -0.39 is 0 Å². The van der Waals surface area contributed by atoms with E-state index in [2.05, 4.69) is 5.32 Å². The lowest BCUT2D eigenvalue weighted by atomic mass is 10.5. The molecule has 0 aromatic heterocycles. The molecule has 7 heavy (non-hydrogen) atoms. The van der Waals surface area contributed by atoms with Crippen molar-refractivity contribution < 1.29 is 0 Å². The standard InChI is InChI=1S/C4H13N3/c1-2-7-3-4(5)6/h4,7H,2-3,5-6H2,1H3. The van der Waals surface area contributed by atoms with Crippen LogP contribution in [-0.4, -0.2) is 19.3 Å². The third-order valence-corrected chi connectivity index (χ3v) is 0.630. The highest BCUT2D eigenvalue weighted by molar-refractivity contribution is 4.52. The van der Waals surface area contributed by atoms with E-state index in [0.717, 1.165) is 6.54 Å². The molecule has 0 amide bonds. The molecule has 0 heterocycles. The summed E-state index contributed by atoms with van der Waals surface area (Å²) >= 11 is 0. The first-order chi connectivity index (χ1) is 3.27. The van der Waals surface area contributed by atoms with Crippen LogP contribution in [0, 0.1) is 0 Å². The van der Waals surface area contributed by atoms with Gasteiger partial charge < -0.3 is 16.8 Å². The molecule has 0 unspecified atom stereocenters. The first kappa shape index (κ1) is 6.88. The Morgan fingerprint density at radius 2 is 2.14 bits per heavy atom. The molecule has 0 spiro atoms. The van der Waals surface area contributed by atoms with Crippen molar-refractivity contribution in [2.24, 2.45) is 11.5 Å². The van der Waals surface area contributed by atoms with Crippen LogP contribution in [0.5, 0.6) is 0 Å². The Balaban J connectivity index is 2.68. The fraction of sp³-hybridized carbons (Fsp3) is 1.00. The Hall–Kier alpha value is -0.120. The second kappa shape index (κ2) is 4.05. The van der Waals surface area contributed by atoms with Gasteiger partial charge in [-0.2, -0.15) is 0 Å². The van der Waals surface area contributed by atoms with Gasteiger partial charge in [-0.1, -0.05) is 6.92 Å². The molecule has 0 bridgehead atoms. The summed E-state index contributed by atoms with van der Waals surface area (Å²) in [6.45, 7) is 3.66. The fourth-order valence-corrected chi connectivity index (χ4v) is 0.311. The summed E-state index contributed by atoms with van der Waals surface area (Å²) in [5, 5.41) is 3.00. The molecular formula is C4H13N3. The highest BCUT2D eigenvalue weighted by atomic mass is 15.0. The molecule has 0 radical (unpaired) electrons. The van der Waals surface area contributed by atoms with E-state index in [1.807, 2.05) is 6.92 Å². The van der Waals surface area contributed by atoms with Gasteiger partial charge in [0, 0.05) is 6.54 Å². The van der Waals surface area contributed by atoms with Gasteiger partial charge in [-0.05, 0) is 6.54 Å². The summed E-state index contributed by atoms with van der Waals surface area (Å²) in [6, 6.07) is 0. The Morgan fingerprint density at radius 3 is 2.29 bits per heavy atom. The molecule has 0 aliphatic heterocycles. The van der Waals surface area contributed by atoms with Gasteiger partial charge in [0.25, 0.3) is 0 Å². The summed E-state index contributed by atoms with van der Waals surface area (Å²) in [7, 11) is 0. The Bertz CT molecular complexity index is 35.9. The molecule has 0 atom stereocenters. The number of hydrogen-bond donors (Lipinski definition) is 3. The number of hydrogen-bond acceptors (Lipinski definition) is 3. The van der Waals surface area contributed by atoms with Crippen LogP contribution in [0.25, 0.3) is 0 Å². The molecule has 44 valence electrons. The first-order valence-electron chi connectivity index (χ1n) is 2.49. The average Bonchev–Trinajstić information content (AvgIpc) is 1.61. The van der Waals surface area contributed by atoms with Crippen molar-refractivity contribution >= 4 is 0 Å². The normalized spacial score (nSPS) is 10.3. The monoisotopic (exact) mass is 103 g/mol.